The molecule has 0 fully saturated rings. The number of hydrogen-bond acceptors (Lipinski definition) is 4. The third kappa shape index (κ3) is 4.32. The van der Waals surface area contributed by atoms with Crippen LogP contribution in [0.3, 0.4) is 0 Å². The molecule has 1 unspecified atom stereocenters. The van der Waals surface area contributed by atoms with E-state index in [0.29, 0.717) is 5.82 Å². The van der Waals surface area contributed by atoms with Crippen molar-refractivity contribution in [2.75, 3.05) is 26.0 Å². The van der Waals surface area contributed by atoms with Crippen molar-refractivity contribution in [3.8, 4) is 0 Å². The number of nitrogens with one attached hydrogen (secondary N) is 1. The van der Waals surface area contributed by atoms with Crippen molar-refractivity contribution in [1.82, 2.24) is 10.3 Å². The standard InChI is InChI=1S/C13H23N3O/c1-4-15-12(6-5-7-17-3)11-8-10(2)9-16-13(11)14/h8-9,12,15H,4-7H2,1-3H3,(H2,14,16). The fraction of sp³-hybridized carbons (Fsp3) is 0.615. The number of aromatic nitrogens is 1. The molecule has 17 heavy (non-hydrogen) atoms. The third-order valence-electron chi connectivity index (χ3n) is 2.75. The van der Waals surface area contributed by atoms with Crippen LogP contribution in [0.25, 0.3) is 0 Å². The van der Waals surface area contributed by atoms with E-state index >= 15 is 0 Å². The minimum Gasteiger partial charge on any atom is -0.385 e. The maximum absolute atomic E-state index is 5.94. The molecule has 0 amide bonds. The van der Waals surface area contributed by atoms with Crippen LogP contribution < -0.4 is 11.1 Å². The van der Waals surface area contributed by atoms with E-state index in [1.807, 2.05) is 6.92 Å². The molecule has 1 atom stereocenters. The summed E-state index contributed by atoms with van der Waals surface area (Å²) in [4.78, 5) is 4.22. The molecular weight excluding hydrogens is 214 g/mol. The average molecular weight is 237 g/mol. The number of rotatable bonds is 7. The highest BCUT2D eigenvalue weighted by molar-refractivity contribution is 5.42. The Morgan fingerprint density at radius 1 is 1.53 bits per heavy atom. The van der Waals surface area contributed by atoms with Crippen LogP contribution in [-0.2, 0) is 4.74 Å². The lowest BCUT2D eigenvalue weighted by Crippen LogP contribution is -2.22. The molecule has 0 aliphatic carbocycles. The fourth-order valence-corrected chi connectivity index (χ4v) is 1.93. The summed E-state index contributed by atoms with van der Waals surface area (Å²) in [6, 6.07) is 2.38. The first kappa shape index (κ1) is 13.9. The lowest BCUT2D eigenvalue weighted by atomic mass is 10.0. The van der Waals surface area contributed by atoms with Gasteiger partial charge in [-0.25, -0.2) is 4.98 Å². The Balaban J connectivity index is 2.77. The molecule has 0 bridgehead atoms. The summed E-state index contributed by atoms with van der Waals surface area (Å²) in [5.41, 5.74) is 8.18. The van der Waals surface area contributed by atoms with E-state index in [4.69, 9.17) is 10.5 Å². The molecule has 4 nitrogen and oxygen atoms in total. The van der Waals surface area contributed by atoms with Crippen molar-refractivity contribution in [3.05, 3.63) is 23.4 Å². The Hall–Kier alpha value is -1.13. The van der Waals surface area contributed by atoms with Crippen LogP contribution in [0.4, 0.5) is 5.82 Å². The largest absolute Gasteiger partial charge is 0.385 e. The van der Waals surface area contributed by atoms with Crippen molar-refractivity contribution in [1.29, 1.82) is 0 Å². The van der Waals surface area contributed by atoms with Crippen molar-refractivity contribution < 1.29 is 4.74 Å². The summed E-state index contributed by atoms with van der Waals surface area (Å²) in [6.07, 6.45) is 3.83. The monoisotopic (exact) mass is 237 g/mol. The number of nitrogen functional groups attached to an aromatic ring is 1. The number of anilines is 1. The molecule has 0 radical (unpaired) electrons. The van der Waals surface area contributed by atoms with Gasteiger partial charge in [0.15, 0.2) is 0 Å². The van der Waals surface area contributed by atoms with Gasteiger partial charge in [0.1, 0.15) is 5.82 Å². The van der Waals surface area contributed by atoms with Crippen LogP contribution in [0.2, 0.25) is 0 Å². The van der Waals surface area contributed by atoms with Crippen LogP contribution in [0.1, 0.15) is 36.9 Å². The van der Waals surface area contributed by atoms with Crippen LogP contribution >= 0.6 is 0 Å². The highest BCUT2D eigenvalue weighted by Crippen LogP contribution is 2.23. The van der Waals surface area contributed by atoms with Gasteiger partial charge in [-0.2, -0.15) is 0 Å². The Labute approximate surface area is 104 Å². The minimum atomic E-state index is 0.266. The molecular formula is C13H23N3O. The molecule has 1 rings (SSSR count). The second-order valence-electron chi connectivity index (χ2n) is 4.23. The Kier molecular flexibility index (Phi) is 5.94. The number of nitrogens with two attached hydrogens (primary N) is 1. The molecule has 1 heterocycles. The molecule has 4 heteroatoms. The average Bonchev–Trinajstić information content (AvgIpc) is 2.32. The van der Waals surface area contributed by atoms with E-state index in [2.05, 4.69) is 23.3 Å². The predicted molar refractivity (Wildman–Crippen MR) is 70.9 cm³/mol. The molecule has 0 aliphatic heterocycles. The van der Waals surface area contributed by atoms with Crippen LogP contribution in [-0.4, -0.2) is 25.2 Å². The maximum Gasteiger partial charge on any atom is 0.128 e. The van der Waals surface area contributed by atoms with Gasteiger partial charge in [0, 0.05) is 31.5 Å². The van der Waals surface area contributed by atoms with Crippen molar-refractivity contribution in [2.24, 2.45) is 0 Å². The highest BCUT2D eigenvalue weighted by atomic mass is 16.5. The van der Waals surface area contributed by atoms with E-state index in [0.717, 1.165) is 37.1 Å². The second kappa shape index (κ2) is 7.25. The van der Waals surface area contributed by atoms with Gasteiger partial charge in [0.2, 0.25) is 0 Å². The summed E-state index contributed by atoms with van der Waals surface area (Å²) in [5, 5.41) is 3.45. The highest BCUT2D eigenvalue weighted by Gasteiger charge is 2.13. The molecule has 1 aromatic rings. The van der Waals surface area contributed by atoms with Gasteiger partial charge >= 0.3 is 0 Å². The first-order chi connectivity index (χ1) is 8.19. The van der Waals surface area contributed by atoms with Gasteiger partial charge in [0.25, 0.3) is 0 Å². The zero-order valence-electron chi connectivity index (χ0n) is 11.0. The van der Waals surface area contributed by atoms with Crippen LogP contribution in [0.15, 0.2) is 12.3 Å². The van der Waals surface area contributed by atoms with Gasteiger partial charge in [-0.15, -0.1) is 0 Å². The number of hydrogen-bond donors (Lipinski definition) is 2. The number of nitrogens with zero attached hydrogens (tertiary/aromatic N) is 1. The first-order valence-corrected chi connectivity index (χ1v) is 6.13. The molecule has 0 saturated carbocycles. The molecule has 96 valence electrons. The summed E-state index contributed by atoms with van der Waals surface area (Å²) in [6.45, 7) is 5.84. The van der Waals surface area contributed by atoms with E-state index in [1.165, 1.54) is 0 Å². The van der Waals surface area contributed by atoms with Gasteiger partial charge < -0.3 is 15.8 Å². The smallest absolute Gasteiger partial charge is 0.128 e. The lowest BCUT2D eigenvalue weighted by Gasteiger charge is -2.19. The summed E-state index contributed by atoms with van der Waals surface area (Å²) in [5.74, 6) is 0.624. The zero-order valence-corrected chi connectivity index (χ0v) is 11.0. The molecule has 0 saturated heterocycles. The van der Waals surface area contributed by atoms with E-state index < -0.39 is 0 Å². The molecule has 1 aromatic heterocycles. The Morgan fingerprint density at radius 3 is 2.94 bits per heavy atom. The fourth-order valence-electron chi connectivity index (χ4n) is 1.93. The molecule has 0 aromatic carbocycles. The van der Waals surface area contributed by atoms with Crippen molar-refractivity contribution in [2.45, 2.75) is 32.7 Å². The number of pyridine rings is 1. The van der Waals surface area contributed by atoms with Gasteiger partial charge in [0.05, 0.1) is 0 Å². The Morgan fingerprint density at radius 2 is 2.29 bits per heavy atom. The molecule has 0 spiro atoms. The number of ether oxygens (including phenoxy) is 1. The van der Waals surface area contributed by atoms with E-state index in [9.17, 15) is 0 Å². The lowest BCUT2D eigenvalue weighted by molar-refractivity contribution is 0.189. The quantitative estimate of drug-likeness (QED) is 0.713. The molecule has 3 N–H and O–H groups in total. The van der Waals surface area contributed by atoms with Crippen LogP contribution in [0.5, 0.6) is 0 Å². The zero-order chi connectivity index (χ0) is 12.7. The van der Waals surface area contributed by atoms with E-state index in [-0.39, 0.29) is 6.04 Å². The maximum atomic E-state index is 5.94. The third-order valence-corrected chi connectivity index (χ3v) is 2.75. The van der Waals surface area contributed by atoms with Crippen LogP contribution in [0, 0.1) is 6.92 Å². The van der Waals surface area contributed by atoms with Crippen molar-refractivity contribution in [3.63, 3.8) is 0 Å². The summed E-state index contributed by atoms with van der Waals surface area (Å²) in [7, 11) is 1.73. The van der Waals surface area contributed by atoms with Crippen molar-refractivity contribution >= 4 is 5.82 Å². The molecule has 0 aliphatic rings. The predicted octanol–water partition coefficient (Wildman–Crippen LogP) is 2.05. The topological polar surface area (TPSA) is 60.2 Å². The number of methoxy groups -OCH3 is 1. The Bertz CT molecular complexity index is 341. The number of aryl methyl sites for hydroxylation is 1. The second-order valence-corrected chi connectivity index (χ2v) is 4.23. The van der Waals surface area contributed by atoms with Gasteiger partial charge in [-0.1, -0.05) is 6.92 Å². The SMILES string of the molecule is CCNC(CCCOC)c1cc(C)cnc1N. The van der Waals surface area contributed by atoms with E-state index in [1.54, 1.807) is 13.3 Å². The normalized spacial score (nSPS) is 12.6. The van der Waals surface area contributed by atoms with Gasteiger partial charge in [-0.05, 0) is 37.9 Å². The summed E-state index contributed by atoms with van der Waals surface area (Å²) < 4.78 is 5.09. The van der Waals surface area contributed by atoms with Gasteiger partial charge in [-0.3, -0.25) is 0 Å². The summed E-state index contributed by atoms with van der Waals surface area (Å²) >= 11 is 0. The first-order valence-electron chi connectivity index (χ1n) is 6.13. The minimum absolute atomic E-state index is 0.266.